The van der Waals surface area contributed by atoms with Crippen molar-refractivity contribution in [3.8, 4) is 11.5 Å². The number of carbonyl (C=O) groups is 6. The van der Waals surface area contributed by atoms with Gasteiger partial charge >= 0.3 is 36.3 Å². The van der Waals surface area contributed by atoms with Crippen LogP contribution in [0.25, 0.3) is 11.1 Å². The highest BCUT2D eigenvalue weighted by atomic mass is 16.5. The van der Waals surface area contributed by atoms with Gasteiger partial charge in [0.15, 0.2) is 0 Å². The number of rotatable bonds is 19. The van der Waals surface area contributed by atoms with E-state index in [4.69, 9.17) is 20.5 Å². The highest BCUT2D eigenvalue weighted by Gasteiger charge is 2.22. The van der Waals surface area contributed by atoms with Gasteiger partial charge in [-0.25, -0.2) is 0 Å². The van der Waals surface area contributed by atoms with E-state index in [1.54, 1.807) is 0 Å². The number of carboxylic acids is 4. The van der Waals surface area contributed by atoms with Crippen LogP contribution in [0.15, 0.2) is 36.4 Å². The third-order valence-electron chi connectivity index (χ3n) is 5.42. The Morgan fingerprint density at radius 2 is 0.932 bits per heavy atom. The van der Waals surface area contributed by atoms with Crippen molar-refractivity contribution in [1.82, 2.24) is 0 Å². The number of hydrogen-bond acceptors (Lipinski definition) is 10. The maximum Gasteiger partial charge on any atom is 0.328 e. The van der Waals surface area contributed by atoms with Crippen molar-refractivity contribution >= 4 is 59.2 Å². The van der Waals surface area contributed by atoms with E-state index in [-0.39, 0.29) is 47.2 Å². The summed E-state index contributed by atoms with van der Waals surface area (Å²) in [5.74, 6) is -7.32. The first-order chi connectivity index (χ1) is 20.9. The lowest BCUT2D eigenvalue weighted by molar-refractivity contribution is -0.138. The molecule has 2 aromatic carbocycles. The summed E-state index contributed by atoms with van der Waals surface area (Å²) in [7, 11) is 0. The highest BCUT2D eigenvalue weighted by molar-refractivity contribution is 6.34. The Kier molecular flexibility index (Phi) is 12.4. The average Bonchev–Trinajstić information content (AvgIpc) is 2.93. The minimum atomic E-state index is -1.37. The fourth-order valence-corrected chi connectivity index (χ4v) is 3.75. The van der Waals surface area contributed by atoms with E-state index < -0.39 is 61.6 Å². The van der Waals surface area contributed by atoms with Gasteiger partial charge in [0.1, 0.15) is 50.9 Å². The maximum absolute atomic E-state index is 12.2. The van der Waals surface area contributed by atoms with Gasteiger partial charge in [-0.2, -0.15) is 9.58 Å². The number of hydrogen-bond donors (Lipinski definition) is 4. The van der Waals surface area contributed by atoms with E-state index in [0.717, 1.165) is 21.9 Å². The number of carboxylic acid groups (broad SMARTS) is 4. The summed E-state index contributed by atoms with van der Waals surface area (Å²) in [5, 5.41) is 37.0. The van der Waals surface area contributed by atoms with Crippen LogP contribution in [0.1, 0.15) is 20.7 Å². The van der Waals surface area contributed by atoms with Gasteiger partial charge in [-0.15, -0.1) is 0 Å². The summed E-state index contributed by atoms with van der Waals surface area (Å²) in [4.78, 5) is 77.1. The Bertz CT molecular complexity index is 1410. The molecule has 0 aromatic heterocycles. The van der Waals surface area contributed by atoms with Crippen molar-refractivity contribution in [2.75, 3.05) is 49.2 Å². The molecule has 0 amide bonds. The minimum Gasteiger partial charge on any atom is -0.488 e. The van der Waals surface area contributed by atoms with Gasteiger partial charge in [0.2, 0.25) is 0 Å². The minimum absolute atomic E-state index is 0.0297. The molecule has 0 unspecified atom stereocenters. The largest absolute Gasteiger partial charge is 0.488 e. The second-order valence-corrected chi connectivity index (χ2v) is 8.57. The maximum atomic E-state index is 12.2. The zero-order valence-corrected chi connectivity index (χ0v) is 22.6. The highest BCUT2D eigenvalue weighted by Crippen LogP contribution is 2.32. The van der Waals surface area contributed by atoms with Crippen molar-refractivity contribution in [3.63, 3.8) is 0 Å². The molecule has 44 heavy (non-hydrogen) atoms. The summed E-state index contributed by atoms with van der Waals surface area (Å²) < 4.78 is 11.4. The van der Waals surface area contributed by atoms with Crippen LogP contribution in [-0.4, -0.2) is 117 Å². The molecule has 0 spiro atoms. The standard InChI is InChI=1S/C26H24N6O12/c27-29-9-19(33)15-1-3-17(31(11-23(35)36)12-24(37)38)21(7-15)43-5-6-44-22-8-16(20(34)10-30-28)2-4-18(22)32(13-25(39)40)14-26(41)42/h1-4,7-10H,5-6,11-14H2,(H,35,36)(H,37,38)(H,39,40)(H,41,42). The molecule has 0 fully saturated rings. The zero-order valence-electron chi connectivity index (χ0n) is 22.6. The Morgan fingerprint density at radius 1 is 0.614 bits per heavy atom. The first kappa shape index (κ1) is 33.8. The summed E-state index contributed by atoms with van der Waals surface area (Å²) >= 11 is 0. The number of ketones is 2. The SMILES string of the molecule is [N-]=[N+]=CC(=O)c1ccc(N(CC(=O)O)CC(=O)O)c(OCCOc2cc(C(=O)C=[N+]=[N-])ccc2N(CC(=O)O)CC(=O)O)c1. The Hall–Kier alpha value is -6.38. The molecule has 4 N–H and O–H groups in total. The number of Topliss-reactive ketones (excluding diaryl/α,β-unsaturated/α-hetero) is 2. The molecule has 0 bridgehead atoms. The molecule has 0 atom stereocenters. The van der Waals surface area contributed by atoms with Crippen molar-refractivity contribution < 1.29 is 68.2 Å². The van der Waals surface area contributed by atoms with E-state index in [1.165, 1.54) is 24.3 Å². The molecule has 0 aliphatic heterocycles. The third kappa shape index (κ3) is 10.2. The smallest absolute Gasteiger partial charge is 0.328 e. The summed E-state index contributed by atoms with van der Waals surface area (Å²) in [6.07, 6.45) is 1.18. The van der Waals surface area contributed by atoms with Crippen molar-refractivity contribution in [3.05, 3.63) is 58.6 Å². The van der Waals surface area contributed by atoms with Crippen molar-refractivity contribution in [1.29, 1.82) is 0 Å². The van der Waals surface area contributed by atoms with Crippen LogP contribution in [0.3, 0.4) is 0 Å². The first-order valence-corrected chi connectivity index (χ1v) is 12.2. The van der Waals surface area contributed by atoms with E-state index >= 15 is 0 Å². The fraction of sp³-hybridized carbons (Fsp3) is 0.231. The molecule has 0 aliphatic carbocycles. The second-order valence-electron chi connectivity index (χ2n) is 8.57. The van der Waals surface area contributed by atoms with Gasteiger partial charge in [-0.05, 0) is 36.4 Å². The van der Waals surface area contributed by atoms with Crippen LogP contribution in [0.2, 0.25) is 0 Å². The molecule has 0 radical (unpaired) electrons. The van der Waals surface area contributed by atoms with Gasteiger partial charge in [0.05, 0.1) is 11.4 Å². The molecule has 0 heterocycles. The van der Waals surface area contributed by atoms with Crippen LogP contribution in [-0.2, 0) is 19.2 Å². The summed E-state index contributed by atoms with van der Waals surface area (Å²) in [6, 6.07) is 7.21. The Labute approximate surface area is 247 Å². The number of ether oxygens (including phenoxy) is 2. The van der Waals surface area contributed by atoms with Crippen LogP contribution in [0.4, 0.5) is 11.4 Å². The zero-order chi connectivity index (χ0) is 32.8. The topological polar surface area (TPSA) is 281 Å². The van der Waals surface area contributed by atoms with Gasteiger partial charge < -0.3 is 50.8 Å². The lowest BCUT2D eigenvalue weighted by Gasteiger charge is -2.25. The van der Waals surface area contributed by atoms with E-state index in [0.29, 0.717) is 12.4 Å². The monoisotopic (exact) mass is 612 g/mol. The van der Waals surface area contributed by atoms with Crippen molar-refractivity contribution in [2.24, 2.45) is 0 Å². The lowest BCUT2D eigenvalue weighted by atomic mass is 10.1. The molecular weight excluding hydrogens is 588 g/mol. The normalized spacial score (nSPS) is 9.91. The summed E-state index contributed by atoms with van der Waals surface area (Å²) in [6.45, 7) is -3.74. The molecule has 0 aliphatic rings. The first-order valence-electron chi connectivity index (χ1n) is 12.2. The van der Waals surface area contributed by atoms with E-state index in [1.807, 2.05) is 0 Å². The predicted octanol–water partition coefficient (Wildman–Crippen LogP) is 0.0622. The molecule has 2 aromatic rings. The fourth-order valence-electron chi connectivity index (χ4n) is 3.75. The Balaban J connectivity index is 2.44. The van der Waals surface area contributed by atoms with Gasteiger partial charge in [0, 0.05) is 11.1 Å². The van der Waals surface area contributed by atoms with Crippen LogP contribution in [0.5, 0.6) is 11.5 Å². The lowest BCUT2D eigenvalue weighted by Crippen LogP contribution is -2.35. The quantitative estimate of drug-likeness (QED) is 0.0537. The van der Waals surface area contributed by atoms with Crippen LogP contribution in [0, 0.1) is 0 Å². The third-order valence-corrected chi connectivity index (χ3v) is 5.42. The van der Waals surface area contributed by atoms with Gasteiger partial charge in [0.25, 0.3) is 11.6 Å². The number of nitrogens with zero attached hydrogens (tertiary/aromatic N) is 6. The average molecular weight is 613 g/mol. The van der Waals surface area contributed by atoms with Crippen LogP contribution < -0.4 is 19.3 Å². The predicted molar refractivity (Wildman–Crippen MR) is 147 cm³/mol. The van der Waals surface area contributed by atoms with Gasteiger partial charge in [-0.1, -0.05) is 0 Å². The molecule has 2 rings (SSSR count). The summed E-state index contributed by atoms with van der Waals surface area (Å²) in [5.41, 5.74) is 17.2. The van der Waals surface area contributed by atoms with E-state index in [9.17, 15) is 49.2 Å². The molecular formula is C26H24N6O12. The molecule has 0 saturated heterocycles. The van der Waals surface area contributed by atoms with Crippen LogP contribution >= 0.6 is 0 Å². The number of anilines is 2. The second kappa shape index (κ2) is 16.2. The molecule has 0 saturated carbocycles. The molecule has 18 heteroatoms. The number of carbonyl (C=O) groups excluding carboxylic acids is 2. The van der Waals surface area contributed by atoms with Crippen molar-refractivity contribution in [2.45, 2.75) is 0 Å². The van der Waals surface area contributed by atoms with E-state index in [2.05, 4.69) is 9.58 Å². The molecule has 230 valence electrons. The molecule has 18 nitrogen and oxygen atoms in total. The van der Waals surface area contributed by atoms with Gasteiger partial charge in [-0.3, -0.25) is 28.8 Å². The number of benzene rings is 2. The Morgan fingerprint density at radius 3 is 1.20 bits per heavy atom. The number of aliphatic carboxylic acids is 4.